The highest BCUT2D eigenvalue weighted by Crippen LogP contribution is 2.33. The van der Waals surface area contributed by atoms with Gasteiger partial charge in [-0.3, -0.25) is 9.59 Å². The van der Waals surface area contributed by atoms with Gasteiger partial charge in [0.15, 0.2) is 0 Å². The molecule has 2 rings (SSSR count). The van der Waals surface area contributed by atoms with E-state index in [1.54, 1.807) is 4.90 Å². The number of para-hydroxylation sites is 1. The van der Waals surface area contributed by atoms with Crippen molar-refractivity contribution >= 4 is 23.5 Å². The molecule has 0 spiro atoms. The Hall–Kier alpha value is -2.41. The number of carboxylic acids is 1. The Morgan fingerprint density at radius 2 is 2.07 bits per heavy atom. The molecule has 1 aliphatic rings. The minimum Gasteiger partial charge on any atom is -0.480 e. The van der Waals surface area contributed by atoms with Crippen molar-refractivity contribution in [1.29, 1.82) is 0 Å². The van der Waals surface area contributed by atoms with Crippen LogP contribution in [-0.2, 0) is 19.1 Å². The Morgan fingerprint density at radius 1 is 1.37 bits per heavy atom. The quantitative estimate of drug-likeness (QED) is 0.688. The normalized spacial score (nSPS) is 19.0. The van der Waals surface area contributed by atoms with E-state index in [9.17, 15) is 19.5 Å². The summed E-state index contributed by atoms with van der Waals surface area (Å²) in [7, 11) is 1.48. The molecule has 7 nitrogen and oxygen atoms in total. The van der Waals surface area contributed by atoms with Crippen molar-refractivity contribution in [3.63, 3.8) is 0 Å². The monoisotopic (exact) mass is 376 g/mol. The van der Waals surface area contributed by atoms with Crippen molar-refractivity contribution in [3.05, 3.63) is 29.8 Å². The molecule has 1 aliphatic heterocycles. The molecule has 1 saturated heterocycles. The molecule has 7 heteroatoms. The molecule has 0 bridgehead atoms. The maximum Gasteiger partial charge on any atom is 0.326 e. The lowest BCUT2D eigenvalue weighted by atomic mass is 9.96. The van der Waals surface area contributed by atoms with Gasteiger partial charge in [-0.25, -0.2) is 4.79 Å². The van der Waals surface area contributed by atoms with E-state index < -0.39 is 23.8 Å². The Kier molecular flexibility index (Phi) is 7.36. The number of hydrogen-bond donors (Lipinski definition) is 2. The van der Waals surface area contributed by atoms with Crippen molar-refractivity contribution in [2.75, 3.05) is 25.2 Å². The molecular weight excluding hydrogens is 348 g/mol. The number of nitrogens with one attached hydrogen (secondary N) is 1. The van der Waals surface area contributed by atoms with E-state index >= 15 is 0 Å². The lowest BCUT2D eigenvalue weighted by Gasteiger charge is -2.23. The molecule has 0 radical (unpaired) electrons. The fourth-order valence-electron chi connectivity index (χ4n) is 3.27. The molecule has 0 aliphatic carbocycles. The van der Waals surface area contributed by atoms with Crippen LogP contribution in [0, 0.1) is 5.92 Å². The van der Waals surface area contributed by atoms with Gasteiger partial charge in [0, 0.05) is 38.8 Å². The van der Waals surface area contributed by atoms with Gasteiger partial charge in [0.25, 0.3) is 0 Å². The average molecular weight is 376 g/mol. The van der Waals surface area contributed by atoms with Crippen molar-refractivity contribution in [1.82, 2.24) is 5.32 Å². The van der Waals surface area contributed by atoms with Gasteiger partial charge in [-0.2, -0.15) is 0 Å². The van der Waals surface area contributed by atoms with Crippen LogP contribution in [0.4, 0.5) is 5.69 Å². The van der Waals surface area contributed by atoms with E-state index in [4.69, 9.17) is 4.74 Å². The van der Waals surface area contributed by atoms with Crippen molar-refractivity contribution in [2.24, 2.45) is 5.92 Å². The molecule has 1 heterocycles. The van der Waals surface area contributed by atoms with Crippen LogP contribution in [0.2, 0.25) is 0 Å². The third kappa shape index (κ3) is 5.07. The molecule has 27 heavy (non-hydrogen) atoms. The van der Waals surface area contributed by atoms with Crippen LogP contribution in [-0.4, -0.2) is 49.2 Å². The van der Waals surface area contributed by atoms with Crippen LogP contribution in [0.15, 0.2) is 24.3 Å². The Labute approximate surface area is 159 Å². The Bertz CT molecular complexity index is 691. The van der Waals surface area contributed by atoms with E-state index in [1.807, 2.05) is 24.3 Å². The van der Waals surface area contributed by atoms with Gasteiger partial charge in [0.2, 0.25) is 11.8 Å². The zero-order valence-corrected chi connectivity index (χ0v) is 16.1. The van der Waals surface area contributed by atoms with Crippen molar-refractivity contribution < 1.29 is 24.2 Å². The first-order chi connectivity index (χ1) is 12.9. The highest BCUT2D eigenvalue weighted by Gasteiger charge is 2.37. The number of methoxy groups -OCH3 is 1. The number of carboxylic acid groups (broad SMARTS) is 1. The van der Waals surface area contributed by atoms with Crippen LogP contribution in [0.3, 0.4) is 0 Å². The Morgan fingerprint density at radius 3 is 2.70 bits per heavy atom. The number of carbonyl (C=O) groups excluding carboxylic acids is 2. The first-order valence-corrected chi connectivity index (χ1v) is 9.30. The van der Waals surface area contributed by atoms with Crippen LogP contribution in [0.5, 0.6) is 0 Å². The van der Waals surface area contributed by atoms with Crippen LogP contribution >= 0.6 is 0 Å². The lowest BCUT2D eigenvalue weighted by molar-refractivity contribution is -0.142. The van der Waals surface area contributed by atoms with Gasteiger partial charge in [-0.1, -0.05) is 32.0 Å². The minimum atomic E-state index is -1.11. The smallest absolute Gasteiger partial charge is 0.326 e. The van der Waals surface area contributed by atoms with Crippen molar-refractivity contribution in [3.8, 4) is 0 Å². The van der Waals surface area contributed by atoms with E-state index in [1.165, 1.54) is 7.11 Å². The summed E-state index contributed by atoms with van der Waals surface area (Å²) in [5.74, 6) is -1.90. The molecule has 3 atom stereocenters. The van der Waals surface area contributed by atoms with Crippen LogP contribution in [0.1, 0.15) is 44.6 Å². The average Bonchev–Trinajstić information content (AvgIpc) is 3.05. The predicted octanol–water partition coefficient (Wildman–Crippen LogP) is 2.16. The standard InChI is InChI=1S/C20H28N2O5/c1-4-13(2)15-7-5-6-8-17(15)22-12-14(11-18(22)23)19(24)21-16(20(25)26)9-10-27-3/h5-8,13-14,16H,4,9-12H2,1-3H3,(H,21,24)(H,25,26). The highest BCUT2D eigenvalue weighted by atomic mass is 16.5. The number of nitrogens with zero attached hydrogens (tertiary/aromatic N) is 1. The number of hydrogen-bond acceptors (Lipinski definition) is 4. The van der Waals surface area contributed by atoms with E-state index in [0.29, 0.717) is 5.92 Å². The fraction of sp³-hybridized carbons (Fsp3) is 0.550. The molecule has 2 N–H and O–H groups in total. The van der Waals surface area contributed by atoms with E-state index in [-0.39, 0.29) is 31.9 Å². The molecule has 1 aromatic carbocycles. The molecule has 148 valence electrons. The highest BCUT2D eigenvalue weighted by molar-refractivity contribution is 6.01. The molecule has 3 unspecified atom stereocenters. The van der Waals surface area contributed by atoms with Gasteiger partial charge < -0.3 is 20.1 Å². The van der Waals surface area contributed by atoms with Crippen LogP contribution < -0.4 is 10.2 Å². The second-order valence-electron chi connectivity index (χ2n) is 6.95. The number of benzene rings is 1. The topological polar surface area (TPSA) is 95.9 Å². The number of ether oxygens (including phenoxy) is 1. The second-order valence-corrected chi connectivity index (χ2v) is 6.95. The first-order valence-electron chi connectivity index (χ1n) is 9.30. The lowest BCUT2D eigenvalue weighted by Crippen LogP contribution is -2.44. The van der Waals surface area contributed by atoms with E-state index in [2.05, 4.69) is 19.2 Å². The minimum absolute atomic E-state index is 0.0806. The summed E-state index contributed by atoms with van der Waals surface area (Å²) >= 11 is 0. The SMILES string of the molecule is CCC(C)c1ccccc1N1CC(C(=O)NC(CCOC)C(=O)O)CC1=O. The summed E-state index contributed by atoms with van der Waals surface area (Å²) < 4.78 is 4.89. The van der Waals surface area contributed by atoms with Crippen molar-refractivity contribution in [2.45, 2.75) is 45.1 Å². The second kappa shape index (κ2) is 9.50. The number of carbonyl (C=O) groups is 3. The summed E-state index contributed by atoms with van der Waals surface area (Å²) in [4.78, 5) is 38.0. The molecule has 1 aromatic rings. The van der Waals surface area contributed by atoms with Gasteiger partial charge in [-0.15, -0.1) is 0 Å². The summed E-state index contributed by atoms with van der Waals surface area (Å²) in [5.41, 5.74) is 1.92. The first kappa shape index (κ1) is 20.9. The van der Waals surface area contributed by atoms with Gasteiger partial charge in [-0.05, 0) is 24.0 Å². The van der Waals surface area contributed by atoms with Gasteiger partial charge in [0.1, 0.15) is 6.04 Å². The summed E-state index contributed by atoms with van der Waals surface area (Å²) in [6.07, 6.45) is 1.21. The van der Waals surface area contributed by atoms with Gasteiger partial charge in [0.05, 0.1) is 5.92 Å². The number of amides is 2. The third-order valence-electron chi connectivity index (χ3n) is 5.09. The molecular formula is C20H28N2O5. The largest absolute Gasteiger partial charge is 0.480 e. The fourth-order valence-corrected chi connectivity index (χ4v) is 3.27. The molecule has 0 saturated carbocycles. The van der Waals surface area contributed by atoms with Gasteiger partial charge >= 0.3 is 5.97 Å². The maximum atomic E-state index is 12.6. The summed E-state index contributed by atoms with van der Waals surface area (Å²) in [5, 5.41) is 11.8. The number of anilines is 1. The molecule has 1 fully saturated rings. The predicted molar refractivity (Wildman–Crippen MR) is 102 cm³/mol. The Balaban J connectivity index is 2.11. The zero-order chi connectivity index (χ0) is 20.0. The zero-order valence-electron chi connectivity index (χ0n) is 16.1. The molecule has 2 amide bonds. The number of rotatable bonds is 9. The maximum absolute atomic E-state index is 12.6. The third-order valence-corrected chi connectivity index (χ3v) is 5.09. The number of aliphatic carboxylic acids is 1. The summed E-state index contributed by atoms with van der Waals surface area (Å²) in [6.45, 7) is 4.69. The van der Waals surface area contributed by atoms with Crippen LogP contribution in [0.25, 0.3) is 0 Å². The molecule has 0 aromatic heterocycles. The van der Waals surface area contributed by atoms with E-state index in [0.717, 1.165) is 17.7 Å². The summed E-state index contributed by atoms with van der Waals surface area (Å²) in [6, 6.07) is 6.72.